The first-order valence-electron chi connectivity index (χ1n) is 9.63. The number of fused-ring (bicyclic) bond motifs is 1. The molecule has 2 N–H and O–H groups in total. The van der Waals surface area contributed by atoms with Gasteiger partial charge in [-0.1, -0.05) is 18.2 Å². The van der Waals surface area contributed by atoms with E-state index in [2.05, 4.69) is 15.6 Å². The van der Waals surface area contributed by atoms with Crippen molar-refractivity contribution in [2.24, 2.45) is 4.99 Å². The molecule has 9 heteroatoms. The van der Waals surface area contributed by atoms with Gasteiger partial charge in [-0.25, -0.2) is 0 Å². The maximum Gasteiger partial charge on any atom is 0.274 e. The van der Waals surface area contributed by atoms with Crippen molar-refractivity contribution >= 4 is 35.6 Å². The number of aliphatic imine (C=N–C) groups is 1. The lowest BCUT2D eigenvalue weighted by molar-refractivity contribution is -0.385. The molecule has 1 aliphatic rings. The minimum atomic E-state index is -0.382. The number of guanidine groups is 1. The Morgan fingerprint density at radius 2 is 1.97 bits per heavy atom. The molecule has 2 aromatic carbocycles. The van der Waals surface area contributed by atoms with Crippen LogP contribution >= 0.6 is 24.0 Å². The van der Waals surface area contributed by atoms with E-state index in [4.69, 9.17) is 9.47 Å². The number of para-hydroxylation sites is 1. The van der Waals surface area contributed by atoms with Gasteiger partial charge < -0.3 is 20.1 Å². The molecule has 30 heavy (non-hydrogen) atoms. The summed E-state index contributed by atoms with van der Waals surface area (Å²) < 4.78 is 11.7. The number of hydrogen-bond donors (Lipinski definition) is 2. The molecule has 0 fully saturated rings. The van der Waals surface area contributed by atoms with Gasteiger partial charge in [0.15, 0.2) is 5.96 Å². The Balaban J connectivity index is 0.00000320. The number of nitro benzene ring substituents is 1. The summed E-state index contributed by atoms with van der Waals surface area (Å²) in [5.41, 5.74) is 2.80. The first-order chi connectivity index (χ1) is 14.0. The molecule has 2 aromatic rings. The Hall–Kier alpha value is -2.56. The number of nitro groups is 1. The number of ether oxygens (including phenoxy) is 2. The first-order valence-corrected chi connectivity index (χ1v) is 9.63. The number of benzene rings is 2. The second kappa shape index (κ2) is 11.0. The molecule has 0 saturated carbocycles. The molecule has 0 aliphatic carbocycles. The van der Waals surface area contributed by atoms with E-state index < -0.39 is 0 Å². The van der Waals surface area contributed by atoms with E-state index in [0.29, 0.717) is 31.2 Å². The van der Waals surface area contributed by atoms with Gasteiger partial charge in [-0.15, -0.1) is 24.0 Å². The van der Waals surface area contributed by atoms with Crippen LogP contribution in [0.2, 0.25) is 0 Å². The van der Waals surface area contributed by atoms with Gasteiger partial charge in [0.25, 0.3) is 5.69 Å². The van der Waals surface area contributed by atoms with Crippen molar-refractivity contribution in [3.63, 3.8) is 0 Å². The van der Waals surface area contributed by atoms with E-state index in [-0.39, 0.29) is 40.7 Å². The van der Waals surface area contributed by atoms with Gasteiger partial charge in [-0.05, 0) is 26.0 Å². The minimum Gasteiger partial charge on any atom is -0.494 e. The molecule has 3 rings (SSSR count). The van der Waals surface area contributed by atoms with Crippen molar-refractivity contribution in [3.05, 3.63) is 63.2 Å². The van der Waals surface area contributed by atoms with E-state index in [1.54, 1.807) is 25.2 Å². The number of nitrogens with one attached hydrogen (secondary N) is 2. The predicted octanol–water partition coefficient (Wildman–Crippen LogP) is 3.80. The summed E-state index contributed by atoms with van der Waals surface area (Å²) in [4.78, 5) is 15.0. The Labute approximate surface area is 193 Å². The summed E-state index contributed by atoms with van der Waals surface area (Å²) in [7, 11) is 1.66. The lowest BCUT2D eigenvalue weighted by Gasteiger charge is -2.16. The Morgan fingerprint density at radius 3 is 2.63 bits per heavy atom. The van der Waals surface area contributed by atoms with E-state index >= 15 is 0 Å². The molecule has 1 heterocycles. The first kappa shape index (κ1) is 23.7. The second-order valence-corrected chi connectivity index (χ2v) is 6.80. The van der Waals surface area contributed by atoms with Crippen molar-refractivity contribution in [1.82, 2.24) is 10.6 Å². The van der Waals surface area contributed by atoms with E-state index in [1.165, 1.54) is 6.07 Å². The summed E-state index contributed by atoms with van der Waals surface area (Å²) in [6.07, 6.45) is 1.04. The van der Waals surface area contributed by atoms with Crippen LogP contribution in [0, 0.1) is 10.1 Å². The summed E-state index contributed by atoms with van der Waals surface area (Å²) in [6.45, 7) is 5.35. The fourth-order valence-electron chi connectivity index (χ4n) is 3.33. The van der Waals surface area contributed by atoms with Gasteiger partial charge in [0.2, 0.25) is 0 Å². The standard InChI is InChI=1S/C21H26N4O4.HI/c1-4-28-19-10-16-9-14(2)29-20(16)11-17(19)13-24-21(22-3)23-12-15-7-5-6-8-18(15)25(26)27;/h5-8,10-11,14H,4,9,12-13H2,1-3H3,(H2,22,23,24);1H. The fraction of sp³-hybridized carbons (Fsp3) is 0.381. The summed E-state index contributed by atoms with van der Waals surface area (Å²) in [5.74, 6) is 2.26. The van der Waals surface area contributed by atoms with Crippen molar-refractivity contribution in [1.29, 1.82) is 0 Å². The molecule has 0 amide bonds. The zero-order valence-electron chi connectivity index (χ0n) is 17.3. The van der Waals surface area contributed by atoms with E-state index in [1.807, 2.05) is 26.0 Å². The molecular weight excluding hydrogens is 499 g/mol. The highest BCUT2D eigenvalue weighted by atomic mass is 127. The molecule has 0 radical (unpaired) electrons. The smallest absolute Gasteiger partial charge is 0.274 e. The molecule has 1 aliphatic heterocycles. The molecule has 0 spiro atoms. The summed E-state index contributed by atoms with van der Waals surface area (Å²) >= 11 is 0. The highest BCUT2D eigenvalue weighted by molar-refractivity contribution is 14.0. The normalized spacial score (nSPS) is 14.9. The molecule has 1 unspecified atom stereocenters. The van der Waals surface area contributed by atoms with Crippen LogP contribution in [-0.2, 0) is 19.5 Å². The van der Waals surface area contributed by atoms with Crippen molar-refractivity contribution in [3.8, 4) is 11.5 Å². The van der Waals surface area contributed by atoms with Crippen LogP contribution in [0.3, 0.4) is 0 Å². The van der Waals surface area contributed by atoms with Gasteiger partial charge in [-0.2, -0.15) is 0 Å². The van der Waals surface area contributed by atoms with Crippen LogP contribution < -0.4 is 20.1 Å². The number of nitrogens with zero attached hydrogens (tertiary/aromatic N) is 2. The zero-order chi connectivity index (χ0) is 20.8. The average molecular weight is 526 g/mol. The Bertz CT molecular complexity index is 920. The topological polar surface area (TPSA) is 98.0 Å². The lowest BCUT2D eigenvalue weighted by atomic mass is 10.1. The van der Waals surface area contributed by atoms with Crippen LogP contribution in [0.15, 0.2) is 41.4 Å². The highest BCUT2D eigenvalue weighted by Crippen LogP contribution is 2.35. The maximum absolute atomic E-state index is 11.2. The Kier molecular flexibility index (Phi) is 8.70. The minimum absolute atomic E-state index is 0. The average Bonchev–Trinajstić information content (AvgIpc) is 3.07. The van der Waals surface area contributed by atoms with Crippen molar-refractivity contribution in [2.75, 3.05) is 13.7 Å². The van der Waals surface area contributed by atoms with E-state index in [9.17, 15) is 10.1 Å². The van der Waals surface area contributed by atoms with Crippen molar-refractivity contribution < 1.29 is 14.4 Å². The van der Waals surface area contributed by atoms with E-state index in [0.717, 1.165) is 29.0 Å². The second-order valence-electron chi connectivity index (χ2n) is 6.80. The maximum atomic E-state index is 11.2. The molecule has 0 bridgehead atoms. The molecule has 0 aromatic heterocycles. The molecule has 8 nitrogen and oxygen atoms in total. The largest absolute Gasteiger partial charge is 0.494 e. The number of halogens is 1. The molecule has 1 atom stereocenters. The lowest BCUT2D eigenvalue weighted by Crippen LogP contribution is -2.36. The van der Waals surface area contributed by atoms with Crippen LogP contribution in [0.5, 0.6) is 11.5 Å². The van der Waals surface area contributed by atoms with Crippen LogP contribution in [-0.4, -0.2) is 30.6 Å². The monoisotopic (exact) mass is 526 g/mol. The Morgan fingerprint density at radius 1 is 1.27 bits per heavy atom. The summed E-state index contributed by atoms with van der Waals surface area (Å²) in [5, 5.41) is 17.5. The number of hydrogen-bond acceptors (Lipinski definition) is 5. The predicted molar refractivity (Wildman–Crippen MR) is 127 cm³/mol. The van der Waals surface area contributed by atoms with Gasteiger partial charge in [0, 0.05) is 49.3 Å². The fourth-order valence-corrected chi connectivity index (χ4v) is 3.33. The van der Waals surface area contributed by atoms with Crippen molar-refractivity contribution in [2.45, 2.75) is 39.5 Å². The SMILES string of the molecule is CCOc1cc2c(cc1CNC(=NC)NCc1ccccc1[N+](=O)[O-])OC(C)C2.I. The third-order valence-corrected chi connectivity index (χ3v) is 4.68. The van der Waals surface area contributed by atoms with Gasteiger partial charge >= 0.3 is 0 Å². The van der Waals surface area contributed by atoms with Crippen LogP contribution in [0.25, 0.3) is 0 Å². The molecular formula is C21H27IN4O4. The summed E-state index contributed by atoms with van der Waals surface area (Å²) in [6, 6.07) is 10.7. The number of rotatable bonds is 7. The molecule has 0 saturated heterocycles. The van der Waals surface area contributed by atoms with Crippen LogP contribution in [0.4, 0.5) is 5.69 Å². The third-order valence-electron chi connectivity index (χ3n) is 4.68. The molecule has 162 valence electrons. The van der Waals surface area contributed by atoms with Gasteiger partial charge in [-0.3, -0.25) is 15.1 Å². The highest BCUT2D eigenvalue weighted by Gasteiger charge is 2.22. The van der Waals surface area contributed by atoms with Gasteiger partial charge in [0.1, 0.15) is 17.6 Å². The van der Waals surface area contributed by atoms with Crippen LogP contribution in [0.1, 0.15) is 30.5 Å². The quantitative estimate of drug-likeness (QED) is 0.187. The zero-order valence-corrected chi connectivity index (χ0v) is 19.6. The van der Waals surface area contributed by atoms with Gasteiger partial charge in [0.05, 0.1) is 11.5 Å². The third kappa shape index (κ3) is 5.74.